The standard InChI is InChI=1S/C22H28N4OS/c27-22(23-11-6-14-26-15-10-18-7-1-2-8-19(18)26)24-17-20(21-9-5-16-28-21)25-12-3-4-13-25/h1-2,5,7-10,15-16,20H,3-4,6,11-14,17H2,(H2,23,24,27). The van der Waals surface area contributed by atoms with Crippen molar-refractivity contribution in [2.45, 2.75) is 31.8 Å². The van der Waals surface area contributed by atoms with Gasteiger partial charge in [0.05, 0.1) is 6.04 Å². The van der Waals surface area contributed by atoms with Crippen molar-refractivity contribution in [1.82, 2.24) is 20.1 Å². The lowest BCUT2D eigenvalue weighted by molar-refractivity contribution is 0.222. The summed E-state index contributed by atoms with van der Waals surface area (Å²) in [4.78, 5) is 16.1. The van der Waals surface area contributed by atoms with Crippen LogP contribution in [0.1, 0.15) is 30.2 Å². The van der Waals surface area contributed by atoms with Crippen LogP contribution in [0.25, 0.3) is 10.9 Å². The van der Waals surface area contributed by atoms with E-state index in [0.717, 1.165) is 26.1 Å². The van der Waals surface area contributed by atoms with Crippen molar-refractivity contribution in [3.63, 3.8) is 0 Å². The third kappa shape index (κ3) is 4.56. The molecule has 1 fully saturated rings. The number of fused-ring (bicyclic) bond motifs is 1. The number of likely N-dealkylation sites (tertiary alicyclic amines) is 1. The van der Waals surface area contributed by atoms with E-state index in [1.165, 1.54) is 28.6 Å². The van der Waals surface area contributed by atoms with Gasteiger partial charge in [-0.25, -0.2) is 4.79 Å². The summed E-state index contributed by atoms with van der Waals surface area (Å²) in [6.07, 6.45) is 5.53. The van der Waals surface area contributed by atoms with Gasteiger partial charge in [0, 0.05) is 36.2 Å². The number of carbonyl (C=O) groups excluding carboxylic acids is 1. The molecule has 28 heavy (non-hydrogen) atoms. The Morgan fingerprint density at radius 1 is 1.07 bits per heavy atom. The molecular weight excluding hydrogens is 368 g/mol. The number of benzene rings is 1. The van der Waals surface area contributed by atoms with Gasteiger partial charge in [-0.05, 0) is 61.3 Å². The molecule has 0 spiro atoms. The molecule has 1 aliphatic rings. The molecule has 3 aromatic rings. The van der Waals surface area contributed by atoms with Gasteiger partial charge in [-0.2, -0.15) is 0 Å². The number of carbonyl (C=O) groups is 1. The molecule has 1 saturated heterocycles. The molecule has 4 rings (SSSR count). The predicted octanol–water partition coefficient (Wildman–Crippen LogP) is 4.23. The van der Waals surface area contributed by atoms with Crippen LogP contribution in [0.4, 0.5) is 4.79 Å². The van der Waals surface area contributed by atoms with E-state index >= 15 is 0 Å². The van der Waals surface area contributed by atoms with E-state index in [9.17, 15) is 4.79 Å². The lowest BCUT2D eigenvalue weighted by Crippen LogP contribution is -2.41. The van der Waals surface area contributed by atoms with Crippen molar-refractivity contribution in [1.29, 1.82) is 0 Å². The minimum Gasteiger partial charge on any atom is -0.347 e. The maximum absolute atomic E-state index is 12.3. The first-order valence-corrected chi connectivity index (χ1v) is 11.0. The monoisotopic (exact) mass is 396 g/mol. The van der Waals surface area contributed by atoms with Gasteiger partial charge in [-0.15, -0.1) is 11.3 Å². The maximum Gasteiger partial charge on any atom is 0.314 e. The molecule has 0 aliphatic carbocycles. The van der Waals surface area contributed by atoms with Gasteiger partial charge in [0.15, 0.2) is 0 Å². The van der Waals surface area contributed by atoms with Crippen LogP contribution < -0.4 is 10.6 Å². The zero-order chi connectivity index (χ0) is 19.2. The van der Waals surface area contributed by atoms with E-state index < -0.39 is 0 Å². The number of hydrogen-bond donors (Lipinski definition) is 2. The first-order chi connectivity index (χ1) is 13.8. The molecule has 148 valence electrons. The van der Waals surface area contributed by atoms with Crippen LogP contribution >= 0.6 is 11.3 Å². The second-order valence-corrected chi connectivity index (χ2v) is 8.31. The molecule has 2 N–H and O–H groups in total. The third-order valence-electron chi connectivity index (χ3n) is 5.45. The van der Waals surface area contributed by atoms with Gasteiger partial charge in [-0.1, -0.05) is 24.3 Å². The maximum atomic E-state index is 12.3. The number of aromatic nitrogens is 1. The molecule has 0 bridgehead atoms. The van der Waals surface area contributed by atoms with Crippen LogP contribution in [-0.4, -0.2) is 41.7 Å². The molecule has 1 unspecified atom stereocenters. The molecule has 2 amide bonds. The Bertz CT molecular complexity index is 883. The Balaban J connectivity index is 1.22. The number of nitrogens with one attached hydrogen (secondary N) is 2. The average Bonchev–Trinajstić information content (AvgIpc) is 3.48. The molecule has 0 saturated carbocycles. The average molecular weight is 397 g/mol. The van der Waals surface area contributed by atoms with Crippen molar-refractivity contribution in [2.75, 3.05) is 26.2 Å². The van der Waals surface area contributed by atoms with Gasteiger partial charge in [0.2, 0.25) is 0 Å². The fourth-order valence-corrected chi connectivity index (χ4v) is 4.84. The number of aryl methyl sites for hydroxylation is 1. The number of hydrogen-bond acceptors (Lipinski definition) is 3. The highest BCUT2D eigenvalue weighted by atomic mass is 32.1. The Labute approximate surface area is 170 Å². The summed E-state index contributed by atoms with van der Waals surface area (Å²) in [5, 5.41) is 9.46. The number of amides is 2. The van der Waals surface area contributed by atoms with E-state index in [1.54, 1.807) is 11.3 Å². The molecule has 1 aliphatic heterocycles. The van der Waals surface area contributed by atoms with Crippen molar-refractivity contribution in [3.8, 4) is 0 Å². The number of para-hydroxylation sites is 1. The molecule has 0 radical (unpaired) electrons. The molecule has 5 nitrogen and oxygen atoms in total. The summed E-state index contributed by atoms with van der Waals surface area (Å²) in [5.74, 6) is 0. The highest BCUT2D eigenvalue weighted by Crippen LogP contribution is 2.27. The van der Waals surface area contributed by atoms with Crippen molar-refractivity contribution in [3.05, 3.63) is 58.9 Å². The molecular formula is C22H28N4OS. The molecule has 2 aromatic heterocycles. The number of nitrogens with zero attached hydrogens (tertiary/aromatic N) is 2. The zero-order valence-corrected chi connectivity index (χ0v) is 17.0. The second kappa shape index (κ2) is 9.26. The fraction of sp³-hybridized carbons (Fsp3) is 0.409. The largest absolute Gasteiger partial charge is 0.347 e. The zero-order valence-electron chi connectivity index (χ0n) is 16.1. The first-order valence-electron chi connectivity index (χ1n) is 10.1. The van der Waals surface area contributed by atoms with Gasteiger partial charge in [0.25, 0.3) is 0 Å². The van der Waals surface area contributed by atoms with Gasteiger partial charge < -0.3 is 15.2 Å². The highest BCUT2D eigenvalue weighted by Gasteiger charge is 2.24. The smallest absolute Gasteiger partial charge is 0.314 e. The minimum absolute atomic E-state index is 0.0712. The van der Waals surface area contributed by atoms with Crippen LogP contribution in [0.15, 0.2) is 54.0 Å². The summed E-state index contributed by atoms with van der Waals surface area (Å²) >= 11 is 1.77. The van der Waals surface area contributed by atoms with Crippen molar-refractivity contribution < 1.29 is 4.79 Å². The summed E-state index contributed by atoms with van der Waals surface area (Å²) < 4.78 is 2.25. The quantitative estimate of drug-likeness (QED) is 0.560. The topological polar surface area (TPSA) is 49.3 Å². The lowest BCUT2D eigenvalue weighted by Gasteiger charge is -2.26. The van der Waals surface area contributed by atoms with Crippen LogP contribution in [-0.2, 0) is 6.54 Å². The van der Waals surface area contributed by atoms with Gasteiger partial charge in [0.1, 0.15) is 0 Å². The highest BCUT2D eigenvalue weighted by molar-refractivity contribution is 7.10. The van der Waals surface area contributed by atoms with Crippen molar-refractivity contribution >= 4 is 28.3 Å². The summed E-state index contributed by atoms with van der Waals surface area (Å²) in [5.41, 5.74) is 1.25. The summed E-state index contributed by atoms with van der Waals surface area (Å²) in [7, 11) is 0. The van der Waals surface area contributed by atoms with E-state index in [1.807, 2.05) is 0 Å². The molecule has 1 atom stereocenters. The van der Waals surface area contributed by atoms with Crippen molar-refractivity contribution in [2.24, 2.45) is 0 Å². The normalized spacial score (nSPS) is 15.7. The van der Waals surface area contributed by atoms with E-state index in [0.29, 0.717) is 19.1 Å². The van der Waals surface area contributed by atoms with E-state index in [4.69, 9.17) is 0 Å². The van der Waals surface area contributed by atoms with E-state index in [-0.39, 0.29) is 6.03 Å². The summed E-state index contributed by atoms with van der Waals surface area (Å²) in [6, 6.07) is 15.0. The van der Waals surface area contributed by atoms with Crippen LogP contribution in [0.5, 0.6) is 0 Å². The molecule has 3 heterocycles. The minimum atomic E-state index is -0.0712. The van der Waals surface area contributed by atoms with Gasteiger partial charge in [-0.3, -0.25) is 4.90 Å². The third-order valence-corrected chi connectivity index (χ3v) is 6.42. The Kier molecular flexibility index (Phi) is 6.29. The molecule has 6 heteroatoms. The SMILES string of the molecule is O=C(NCCCn1ccc2ccccc21)NCC(c1cccs1)N1CCCC1. The summed E-state index contributed by atoms with van der Waals surface area (Å²) in [6.45, 7) is 4.48. The second-order valence-electron chi connectivity index (χ2n) is 7.33. The lowest BCUT2D eigenvalue weighted by atomic mass is 10.2. The number of thiophene rings is 1. The van der Waals surface area contributed by atoms with Gasteiger partial charge >= 0.3 is 6.03 Å². The number of rotatable bonds is 8. The molecule has 1 aromatic carbocycles. The fourth-order valence-electron chi connectivity index (χ4n) is 3.98. The van der Waals surface area contributed by atoms with Crippen LogP contribution in [0.2, 0.25) is 0 Å². The van der Waals surface area contributed by atoms with E-state index in [2.05, 4.69) is 74.1 Å². The Morgan fingerprint density at radius 2 is 1.93 bits per heavy atom. The number of urea groups is 1. The first kappa shape index (κ1) is 19.0. The Hall–Kier alpha value is -2.31. The predicted molar refractivity (Wildman–Crippen MR) is 116 cm³/mol. The van der Waals surface area contributed by atoms with Crippen LogP contribution in [0, 0.1) is 0 Å². The Morgan fingerprint density at radius 3 is 2.75 bits per heavy atom. The van der Waals surface area contributed by atoms with Crippen LogP contribution in [0.3, 0.4) is 0 Å².